The third kappa shape index (κ3) is 4.08. The highest BCUT2D eigenvalue weighted by atomic mass is 32.2. The SMILES string of the molecule is CC(C)NCc1ccc(S(=O)(=O)N2CCCC(C)(C)C2)o1. The normalized spacial score (nSPS) is 20.0. The van der Waals surface area contributed by atoms with Crippen molar-refractivity contribution in [2.75, 3.05) is 13.1 Å². The molecule has 1 fully saturated rings. The van der Waals surface area contributed by atoms with Gasteiger partial charge in [-0.25, -0.2) is 8.42 Å². The van der Waals surface area contributed by atoms with Gasteiger partial charge in [-0.05, 0) is 30.4 Å². The summed E-state index contributed by atoms with van der Waals surface area (Å²) in [5.74, 6) is 0.651. The first-order chi connectivity index (χ1) is 9.71. The summed E-state index contributed by atoms with van der Waals surface area (Å²) in [6.07, 6.45) is 1.95. The van der Waals surface area contributed by atoms with Crippen LogP contribution in [0.2, 0.25) is 0 Å². The lowest BCUT2D eigenvalue weighted by atomic mass is 9.85. The molecule has 1 aromatic rings. The van der Waals surface area contributed by atoms with Gasteiger partial charge in [-0.3, -0.25) is 0 Å². The van der Waals surface area contributed by atoms with Crippen molar-refractivity contribution in [3.05, 3.63) is 17.9 Å². The highest BCUT2D eigenvalue weighted by Gasteiger charge is 2.35. The third-order valence-electron chi connectivity index (χ3n) is 3.78. The van der Waals surface area contributed by atoms with Crippen LogP contribution in [0.15, 0.2) is 21.6 Å². The van der Waals surface area contributed by atoms with Gasteiger partial charge in [0.25, 0.3) is 10.0 Å². The van der Waals surface area contributed by atoms with Crippen molar-refractivity contribution >= 4 is 10.0 Å². The second kappa shape index (κ2) is 6.10. The Morgan fingerprint density at radius 3 is 2.71 bits per heavy atom. The number of nitrogens with zero attached hydrogens (tertiary/aromatic N) is 1. The lowest BCUT2D eigenvalue weighted by molar-refractivity contribution is 0.184. The molecule has 0 saturated carbocycles. The summed E-state index contributed by atoms with van der Waals surface area (Å²) in [6.45, 7) is 9.96. The molecule has 1 saturated heterocycles. The molecule has 1 aliphatic heterocycles. The van der Waals surface area contributed by atoms with Crippen LogP contribution in [0.3, 0.4) is 0 Å². The van der Waals surface area contributed by atoms with Crippen molar-refractivity contribution in [1.29, 1.82) is 0 Å². The second-order valence-electron chi connectivity index (χ2n) is 6.86. The van der Waals surface area contributed by atoms with Gasteiger partial charge in [0, 0.05) is 19.1 Å². The molecule has 1 aliphatic rings. The minimum absolute atomic E-state index is 0.0277. The van der Waals surface area contributed by atoms with Crippen LogP contribution in [-0.4, -0.2) is 31.9 Å². The Morgan fingerprint density at radius 1 is 1.38 bits per heavy atom. The van der Waals surface area contributed by atoms with Gasteiger partial charge in [-0.2, -0.15) is 4.31 Å². The van der Waals surface area contributed by atoms with E-state index >= 15 is 0 Å². The van der Waals surface area contributed by atoms with E-state index in [1.165, 1.54) is 0 Å². The van der Waals surface area contributed by atoms with Gasteiger partial charge in [-0.1, -0.05) is 27.7 Å². The Labute approximate surface area is 127 Å². The fraction of sp³-hybridized carbons (Fsp3) is 0.733. The molecule has 0 atom stereocenters. The molecule has 0 unspecified atom stereocenters. The summed E-state index contributed by atoms with van der Waals surface area (Å²) in [5.41, 5.74) is 0.0277. The van der Waals surface area contributed by atoms with Crippen LogP contribution in [0, 0.1) is 5.41 Å². The van der Waals surface area contributed by atoms with Crippen LogP contribution in [0.1, 0.15) is 46.3 Å². The van der Waals surface area contributed by atoms with Gasteiger partial charge >= 0.3 is 0 Å². The van der Waals surface area contributed by atoms with Crippen molar-refractivity contribution in [2.24, 2.45) is 5.41 Å². The van der Waals surface area contributed by atoms with Crippen molar-refractivity contribution in [1.82, 2.24) is 9.62 Å². The quantitative estimate of drug-likeness (QED) is 0.907. The highest BCUT2D eigenvalue weighted by Crippen LogP contribution is 2.32. The van der Waals surface area contributed by atoms with E-state index in [4.69, 9.17) is 4.42 Å². The van der Waals surface area contributed by atoms with E-state index in [1.807, 2.05) is 13.8 Å². The summed E-state index contributed by atoms with van der Waals surface area (Å²) < 4.78 is 32.4. The maximum absolute atomic E-state index is 12.6. The predicted octanol–water partition coefficient (Wildman–Crippen LogP) is 2.59. The zero-order chi connectivity index (χ0) is 15.7. The zero-order valence-electron chi connectivity index (χ0n) is 13.3. The molecule has 2 heterocycles. The molecule has 0 radical (unpaired) electrons. The molecular weight excluding hydrogens is 288 g/mol. The van der Waals surface area contributed by atoms with Gasteiger partial charge in [0.05, 0.1) is 6.54 Å². The smallest absolute Gasteiger partial charge is 0.276 e. The Balaban J connectivity index is 2.12. The first-order valence-electron chi connectivity index (χ1n) is 7.53. The highest BCUT2D eigenvalue weighted by molar-refractivity contribution is 7.89. The van der Waals surface area contributed by atoms with Crippen molar-refractivity contribution in [3.8, 4) is 0 Å². The molecular formula is C15H26N2O3S. The number of hydrogen-bond acceptors (Lipinski definition) is 4. The van der Waals surface area contributed by atoms with Crippen LogP contribution in [0.5, 0.6) is 0 Å². The maximum Gasteiger partial charge on any atom is 0.276 e. The molecule has 21 heavy (non-hydrogen) atoms. The van der Waals surface area contributed by atoms with Gasteiger partial charge in [-0.15, -0.1) is 0 Å². The van der Waals surface area contributed by atoms with Crippen LogP contribution in [-0.2, 0) is 16.6 Å². The lowest BCUT2D eigenvalue weighted by Gasteiger charge is -2.36. The molecule has 1 N–H and O–H groups in total. The molecule has 2 rings (SSSR count). The average molecular weight is 314 g/mol. The third-order valence-corrected chi connectivity index (χ3v) is 5.50. The molecule has 0 bridgehead atoms. The van der Waals surface area contributed by atoms with E-state index < -0.39 is 10.0 Å². The van der Waals surface area contributed by atoms with Crippen molar-refractivity contribution < 1.29 is 12.8 Å². The molecule has 120 valence electrons. The van der Waals surface area contributed by atoms with E-state index in [2.05, 4.69) is 19.2 Å². The summed E-state index contributed by atoms with van der Waals surface area (Å²) >= 11 is 0. The Kier molecular flexibility index (Phi) is 4.80. The predicted molar refractivity (Wildman–Crippen MR) is 82.5 cm³/mol. The Morgan fingerprint density at radius 2 is 2.10 bits per heavy atom. The van der Waals surface area contributed by atoms with Crippen LogP contribution in [0.4, 0.5) is 0 Å². The second-order valence-corrected chi connectivity index (χ2v) is 8.73. The topological polar surface area (TPSA) is 62.6 Å². The Bertz CT molecular complexity index is 575. The van der Waals surface area contributed by atoms with Crippen molar-refractivity contribution in [2.45, 2.75) is 58.2 Å². The molecule has 0 amide bonds. The molecule has 0 spiro atoms. The van der Waals surface area contributed by atoms with E-state index in [1.54, 1.807) is 16.4 Å². The number of sulfonamides is 1. The van der Waals surface area contributed by atoms with E-state index in [0.29, 0.717) is 31.4 Å². The lowest BCUT2D eigenvalue weighted by Crippen LogP contribution is -2.43. The van der Waals surface area contributed by atoms with Gasteiger partial charge in [0.15, 0.2) is 0 Å². The number of hydrogen-bond donors (Lipinski definition) is 1. The standard InChI is InChI=1S/C15H26N2O3S/c1-12(2)16-10-13-6-7-14(20-13)21(18,19)17-9-5-8-15(3,4)11-17/h6-7,12,16H,5,8-11H2,1-4H3. The number of furan rings is 1. The van der Waals surface area contributed by atoms with Crippen LogP contribution < -0.4 is 5.32 Å². The van der Waals surface area contributed by atoms with Gasteiger partial charge in [0.1, 0.15) is 5.76 Å². The minimum atomic E-state index is -3.51. The monoisotopic (exact) mass is 314 g/mol. The molecule has 6 heteroatoms. The summed E-state index contributed by atoms with van der Waals surface area (Å²) in [7, 11) is -3.51. The van der Waals surface area contributed by atoms with Gasteiger partial charge in [0.2, 0.25) is 5.09 Å². The number of piperidine rings is 1. The summed E-state index contributed by atoms with van der Waals surface area (Å²) in [5, 5.41) is 3.27. The van der Waals surface area contributed by atoms with E-state index in [-0.39, 0.29) is 10.5 Å². The van der Waals surface area contributed by atoms with Crippen LogP contribution >= 0.6 is 0 Å². The van der Waals surface area contributed by atoms with Crippen molar-refractivity contribution in [3.63, 3.8) is 0 Å². The van der Waals surface area contributed by atoms with E-state index in [9.17, 15) is 8.42 Å². The maximum atomic E-state index is 12.6. The minimum Gasteiger partial charge on any atom is -0.447 e. The fourth-order valence-electron chi connectivity index (χ4n) is 2.60. The first-order valence-corrected chi connectivity index (χ1v) is 8.97. The summed E-state index contributed by atoms with van der Waals surface area (Å²) in [4.78, 5) is 0. The largest absolute Gasteiger partial charge is 0.447 e. The van der Waals surface area contributed by atoms with Gasteiger partial charge < -0.3 is 9.73 Å². The van der Waals surface area contributed by atoms with Crippen LogP contribution in [0.25, 0.3) is 0 Å². The molecule has 0 aliphatic carbocycles. The number of rotatable bonds is 5. The van der Waals surface area contributed by atoms with E-state index in [0.717, 1.165) is 12.8 Å². The Hall–Kier alpha value is -0.850. The average Bonchev–Trinajstić information content (AvgIpc) is 2.84. The molecule has 1 aromatic heterocycles. The molecule has 5 nitrogen and oxygen atoms in total. The fourth-order valence-corrected chi connectivity index (χ4v) is 4.19. The summed E-state index contributed by atoms with van der Waals surface area (Å²) in [6, 6.07) is 3.63. The zero-order valence-corrected chi connectivity index (χ0v) is 14.2. The first kappa shape index (κ1) is 16.5. The molecule has 0 aromatic carbocycles. The number of nitrogens with one attached hydrogen (secondary N) is 1.